The highest BCUT2D eigenvalue weighted by Gasteiger charge is 2.50. The molecule has 27 heavy (non-hydrogen) atoms. The van der Waals surface area contributed by atoms with Crippen LogP contribution in [0, 0.1) is 5.92 Å². The standard InChI is InChI=1S/C21H28N2O4/c1-21-15-22(20(25)17-8-11-26-12-9-17)10-7-18(21)23(19(24)14-27-21)13-16-5-3-2-4-6-16/h2-6,17-18H,7-15H2,1H3/t18-,21-/m1/s1. The Morgan fingerprint density at radius 1 is 1.19 bits per heavy atom. The molecule has 3 fully saturated rings. The van der Waals surface area contributed by atoms with Crippen LogP contribution < -0.4 is 0 Å². The number of morpholine rings is 1. The second-order valence-corrected chi connectivity index (χ2v) is 8.06. The van der Waals surface area contributed by atoms with Crippen molar-refractivity contribution in [2.45, 2.75) is 44.4 Å². The largest absolute Gasteiger partial charge is 0.381 e. The molecule has 3 heterocycles. The molecule has 6 heteroatoms. The summed E-state index contributed by atoms with van der Waals surface area (Å²) in [6.07, 6.45) is 2.36. The first-order valence-electron chi connectivity index (χ1n) is 9.91. The maximum absolute atomic E-state index is 12.9. The highest BCUT2D eigenvalue weighted by atomic mass is 16.5. The zero-order valence-electron chi connectivity index (χ0n) is 15.9. The molecule has 3 aliphatic rings. The van der Waals surface area contributed by atoms with E-state index in [0.717, 1.165) is 24.8 Å². The third kappa shape index (κ3) is 3.73. The Labute approximate surface area is 160 Å². The fourth-order valence-corrected chi connectivity index (χ4v) is 4.63. The molecule has 0 saturated carbocycles. The van der Waals surface area contributed by atoms with Gasteiger partial charge in [-0.05, 0) is 31.7 Å². The molecule has 0 unspecified atom stereocenters. The van der Waals surface area contributed by atoms with Crippen LogP contribution in [0.15, 0.2) is 30.3 Å². The van der Waals surface area contributed by atoms with Crippen LogP contribution in [0.4, 0.5) is 0 Å². The molecule has 146 valence electrons. The summed E-state index contributed by atoms with van der Waals surface area (Å²) in [5.74, 6) is 0.308. The number of carbonyl (C=O) groups is 2. The molecule has 0 aliphatic carbocycles. The predicted octanol–water partition coefficient (Wildman–Crippen LogP) is 1.83. The number of rotatable bonds is 3. The Morgan fingerprint density at radius 2 is 1.93 bits per heavy atom. The lowest BCUT2D eigenvalue weighted by Crippen LogP contribution is -2.68. The second-order valence-electron chi connectivity index (χ2n) is 8.06. The highest BCUT2D eigenvalue weighted by molar-refractivity contribution is 5.80. The van der Waals surface area contributed by atoms with E-state index in [4.69, 9.17) is 9.47 Å². The maximum atomic E-state index is 12.9. The van der Waals surface area contributed by atoms with Gasteiger partial charge in [-0.2, -0.15) is 0 Å². The van der Waals surface area contributed by atoms with E-state index in [9.17, 15) is 9.59 Å². The van der Waals surface area contributed by atoms with E-state index < -0.39 is 5.60 Å². The maximum Gasteiger partial charge on any atom is 0.249 e. The van der Waals surface area contributed by atoms with Gasteiger partial charge in [0.25, 0.3) is 0 Å². The topological polar surface area (TPSA) is 59.1 Å². The first-order chi connectivity index (χ1) is 13.1. The molecule has 3 saturated heterocycles. The van der Waals surface area contributed by atoms with Gasteiger partial charge in [-0.25, -0.2) is 0 Å². The van der Waals surface area contributed by atoms with Crippen molar-refractivity contribution >= 4 is 11.8 Å². The summed E-state index contributed by atoms with van der Waals surface area (Å²) in [7, 11) is 0. The number of fused-ring (bicyclic) bond motifs is 1. The molecule has 0 bridgehead atoms. The zero-order valence-corrected chi connectivity index (χ0v) is 15.9. The van der Waals surface area contributed by atoms with Gasteiger partial charge >= 0.3 is 0 Å². The number of hydrogen-bond donors (Lipinski definition) is 0. The van der Waals surface area contributed by atoms with Crippen molar-refractivity contribution in [2.24, 2.45) is 5.92 Å². The lowest BCUT2D eigenvalue weighted by atomic mass is 9.84. The molecule has 6 nitrogen and oxygen atoms in total. The minimum atomic E-state index is -0.512. The molecule has 0 radical (unpaired) electrons. The van der Waals surface area contributed by atoms with E-state index in [-0.39, 0.29) is 30.4 Å². The number of amides is 2. The Morgan fingerprint density at radius 3 is 2.67 bits per heavy atom. The lowest BCUT2D eigenvalue weighted by Gasteiger charge is -2.53. The molecule has 0 N–H and O–H groups in total. The van der Waals surface area contributed by atoms with Gasteiger partial charge in [-0.15, -0.1) is 0 Å². The van der Waals surface area contributed by atoms with Gasteiger partial charge in [-0.3, -0.25) is 9.59 Å². The summed E-state index contributed by atoms with van der Waals surface area (Å²) in [6.45, 7) is 5.28. The number of benzene rings is 1. The van der Waals surface area contributed by atoms with Crippen LogP contribution in [0.25, 0.3) is 0 Å². The third-order valence-electron chi connectivity index (χ3n) is 6.18. The lowest BCUT2D eigenvalue weighted by molar-refractivity contribution is -0.191. The van der Waals surface area contributed by atoms with Crippen molar-refractivity contribution in [1.29, 1.82) is 0 Å². The highest BCUT2D eigenvalue weighted by Crippen LogP contribution is 2.35. The van der Waals surface area contributed by atoms with Crippen molar-refractivity contribution in [3.8, 4) is 0 Å². The number of nitrogens with zero attached hydrogens (tertiary/aromatic N) is 2. The SMILES string of the molecule is C[C@@]12CN(C(=O)C3CCOCC3)CC[C@H]1N(Cc1ccccc1)C(=O)CO2. The Kier molecular flexibility index (Phi) is 5.19. The number of likely N-dealkylation sites (tertiary alicyclic amines) is 1. The fourth-order valence-electron chi connectivity index (χ4n) is 4.63. The molecule has 2 amide bonds. The number of ether oxygens (including phenoxy) is 2. The third-order valence-corrected chi connectivity index (χ3v) is 6.18. The zero-order chi connectivity index (χ0) is 18.9. The summed E-state index contributed by atoms with van der Waals surface area (Å²) in [4.78, 5) is 29.4. The van der Waals surface area contributed by atoms with Crippen LogP contribution in [0.1, 0.15) is 31.7 Å². The summed E-state index contributed by atoms with van der Waals surface area (Å²) in [5, 5.41) is 0. The minimum absolute atomic E-state index is 0.00213. The Bertz CT molecular complexity index is 689. The van der Waals surface area contributed by atoms with Crippen LogP contribution in [-0.4, -0.2) is 66.2 Å². The van der Waals surface area contributed by atoms with Crippen molar-refractivity contribution in [3.63, 3.8) is 0 Å². The molecule has 2 atom stereocenters. The van der Waals surface area contributed by atoms with E-state index in [0.29, 0.717) is 32.8 Å². The summed E-state index contributed by atoms with van der Waals surface area (Å²) < 4.78 is 11.4. The van der Waals surface area contributed by atoms with E-state index in [1.54, 1.807) is 0 Å². The van der Waals surface area contributed by atoms with Crippen molar-refractivity contribution in [3.05, 3.63) is 35.9 Å². The Balaban J connectivity index is 1.47. The van der Waals surface area contributed by atoms with Crippen LogP contribution in [0.3, 0.4) is 0 Å². The van der Waals surface area contributed by atoms with Gasteiger partial charge < -0.3 is 19.3 Å². The van der Waals surface area contributed by atoms with Gasteiger partial charge in [-0.1, -0.05) is 30.3 Å². The molecular weight excluding hydrogens is 344 g/mol. The van der Waals surface area contributed by atoms with Crippen molar-refractivity contribution in [2.75, 3.05) is 32.9 Å². The number of piperidine rings is 1. The molecule has 3 aliphatic heterocycles. The number of hydrogen-bond acceptors (Lipinski definition) is 4. The quantitative estimate of drug-likeness (QED) is 0.812. The minimum Gasteiger partial charge on any atom is -0.381 e. The van der Waals surface area contributed by atoms with Crippen LogP contribution in [-0.2, 0) is 25.6 Å². The van der Waals surface area contributed by atoms with E-state index in [2.05, 4.69) is 0 Å². The van der Waals surface area contributed by atoms with Crippen LogP contribution in [0.5, 0.6) is 0 Å². The van der Waals surface area contributed by atoms with Crippen LogP contribution >= 0.6 is 0 Å². The van der Waals surface area contributed by atoms with Gasteiger partial charge in [0.1, 0.15) is 12.2 Å². The monoisotopic (exact) mass is 372 g/mol. The molecule has 1 aromatic carbocycles. The first kappa shape index (κ1) is 18.4. The second kappa shape index (κ2) is 7.60. The van der Waals surface area contributed by atoms with Gasteiger partial charge in [0, 0.05) is 32.2 Å². The summed E-state index contributed by atoms with van der Waals surface area (Å²) >= 11 is 0. The average Bonchev–Trinajstić information content (AvgIpc) is 2.71. The molecule has 1 aromatic rings. The normalized spacial score (nSPS) is 29.5. The molecular formula is C21H28N2O4. The summed E-state index contributed by atoms with van der Waals surface area (Å²) in [5.41, 5.74) is 0.609. The van der Waals surface area contributed by atoms with E-state index >= 15 is 0 Å². The van der Waals surface area contributed by atoms with Gasteiger partial charge in [0.2, 0.25) is 11.8 Å². The van der Waals surface area contributed by atoms with E-state index in [1.165, 1.54) is 0 Å². The smallest absolute Gasteiger partial charge is 0.249 e. The average molecular weight is 372 g/mol. The van der Waals surface area contributed by atoms with Gasteiger partial charge in [0.05, 0.1) is 12.6 Å². The van der Waals surface area contributed by atoms with Crippen molar-refractivity contribution in [1.82, 2.24) is 9.80 Å². The molecule has 0 aromatic heterocycles. The summed E-state index contributed by atoms with van der Waals surface area (Å²) in [6, 6.07) is 10.1. The molecule has 4 rings (SSSR count). The Hall–Kier alpha value is -1.92. The van der Waals surface area contributed by atoms with Gasteiger partial charge in [0.15, 0.2) is 0 Å². The molecule has 0 spiro atoms. The number of carbonyl (C=O) groups excluding carboxylic acids is 2. The fraction of sp³-hybridized carbons (Fsp3) is 0.619. The van der Waals surface area contributed by atoms with E-state index in [1.807, 2.05) is 47.1 Å². The first-order valence-corrected chi connectivity index (χ1v) is 9.91. The van der Waals surface area contributed by atoms with Crippen molar-refractivity contribution < 1.29 is 19.1 Å². The predicted molar refractivity (Wildman–Crippen MR) is 99.9 cm³/mol. The van der Waals surface area contributed by atoms with Crippen LogP contribution in [0.2, 0.25) is 0 Å².